The molecule has 3 aromatic rings. The summed E-state index contributed by atoms with van der Waals surface area (Å²) in [5.74, 6) is 2.42. The largest absolute Gasteiger partial charge is 0.507 e. The van der Waals surface area contributed by atoms with Gasteiger partial charge in [0.25, 0.3) is 0 Å². The smallest absolute Gasteiger partial charge is 0.231 e. The van der Waals surface area contributed by atoms with E-state index >= 15 is 0 Å². The lowest BCUT2D eigenvalue weighted by Gasteiger charge is -2.60. The average Bonchev–Trinajstić information content (AvgIpc) is 3.58. The molecule has 7 rings (SSSR count). The number of hydrogen-bond donors (Lipinski definition) is 2. The van der Waals surface area contributed by atoms with Gasteiger partial charge in [0, 0.05) is 54.4 Å². The number of carbonyl (C=O) groups is 1. The predicted octanol–water partition coefficient (Wildman–Crippen LogP) is 4.25. The van der Waals surface area contributed by atoms with Gasteiger partial charge in [-0.2, -0.15) is 5.26 Å². The van der Waals surface area contributed by atoms with E-state index in [1.165, 1.54) is 0 Å². The van der Waals surface area contributed by atoms with Gasteiger partial charge in [0.2, 0.25) is 12.7 Å². The number of likely N-dealkylation sites (N-methyl/N-ethyl adjacent to an activating group) is 1. The second kappa shape index (κ2) is 12.8. The summed E-state index contributed by atoms with van der Waals surface area (Å²) in [5.41, 5.74) is 6.26. The molecule has 3 aromatic carbocycles. The maximum Gasteiger partial charge on any atom is 0.231 e. The minimum atomic E-state index is -0.518. The highest BCUT2D eigenvalue weighted by Crippen LogP contribution is 2.58. The highest BCUT2D eigenvalue weighted by atomic mass is 16.7. The van der Waals surface area contributed by atoms with Gasteiger partial charge in [0.05, 0.1) is 25.3 Å². The van der Waals surface area contributed by atoms with Crippen molar-refractivity contribution in [1.82, 2.24) is 15.1 Å². The number of rotatable bonds is 9. The molecule has 2 N–H and O–H groups in total. The Hall–Kier alpha value is -4.50. The van der Waals surface area contributed by atoms with Crippen molar-refractivity contribution in [1.29, 1.82) is 5.26 Å². The highest BCUT2D eigenvalue weighted by molar-refractivity contribution is 5.76. The van der Waals surface area contributed by atoms with Crippen LogP contribution < -0.4 is 24.3 Å². The zero-order valence-corrected chi connectivity index (χ0v) is 28.0. The van der Waals surface area contributed by atoms with Crippen LogP contribution >= 0.6 is 0 Å². The SMILES string of the molecule is COCOc1c(OC)c(C)cc2c1C1C3Cc4c(O)c(C)c5c(c4[C@H](CNC(=O)CCc4ccccc4)N3[C@@H](C#N)[C@@H](C2)N1C)OCO5. The number of nitriles is 1. The lowest BCUT2D eigenvalue weighted by molar-refractivity contribution is -0.122. The van der Waals surface area contributed by atoms with Crippen molar-refractivity contribution in [2.45, 2.75) is 69.7 Å². The van der Waals surface area contributed by atoms with E-state index in [4.69, 9.17) is 23.7 Å². The van der Waals surface area contributed by atoms with Gasteiger partial charge in [-0.15, -0.1) is 0 Å². The van der Waals surface area contributed by atoms with Crippen LogP contribution in [0.5, 0.6) is 28.7 Å². The molecule has 4 aliphatic heterocycles. The van der Waals surface area contributed by atoms with E-state index in [1.54, 1.807) is 14.2 Å². The van der Waals surface area contributed by atoms with Crippen LogP contribution in [0, 0.1) is 25.2 Å². The summed E-state index contributed by atoms with van der Waals surface area (Å²) >= 11 is 0. The molecule has 1 saturated heterocycles. The predicted molar refractivity (Wildman–Crippen MR) is 176 cm³/mol. The molecule has 4 aliphatic rings. The molecule has 11 heteroatoms. The van der Waals surface area contributed by atoms with E-state index in [2.05, 4.69) is 34.3 Å². The van der Waals surface area contributed by atoms with Crippen LogP contribution in [0.4, 0.5) is 0 Å². The summed E-state index contributed by atoms with van der Waals surface area (Å²) in [7, 11) is 5.29. The van der Waals surface area contributed by atoms with Crippen molar-refractivity contribution in [3.63, 3.8) is 0 Å². The first kappa shape index (κ1) is 32.1. The van der Waals surface area contributed by atoms with E-state index in [0.29, 0.717) is 54.2 Å². The summed E-state index contributed by atoms with van der Waals surface area (Å²) in [6.45, 7) is 4.14. The normalized spacial score (nSPS) is 23.8. The first-order valence-electron chi connectivity index (χ1n) is 16.4. The van der Waals surface area contributed by atoms with Crippen LogP contribution in [0.3, 0.4) is 0 Å². The third kappa shape index (κ3) is 5.10. The van der Waals surface area contributed by atoms with Crippen LogP contribution in [0.25, 0.3) is 0 Å². The van der Waals surface area contributed by atoms with Crippen LogP contribution in [0.2, 0.25) is 0 Å². The Morgan fingerprint density at radius 1 is 1.08 bits per heavy atom. The fourth-order valence-corrected chi connectivity index (χ4v) is 8.48. The third-order valence-electron chi connectivity index (χ3n) is 10.6. The van der Waals surface area contributed by atoms with E-state index in [1.807, 2.05) is 44.2 Å². The summed E-state index contributed by atoms with van der Waals surface area (Å²) in [6.07, 6.45) is 2.01. The molecular formula is C37H42N4O7. The summed E-state index contributed by atoms with van der Waals surface area (Å²) in [6, 6.07) is 13.1. The zero-order valence-electron chi connectivity index (χ0n) is 28.0. The number of benzene rings is 3. The first-order valence-corrected chi connectivity index (χ1v) is 16.4. The quantitative estimate of drug-likeness (QED) is 0.324. The molecule has 2 bridgehead atoms. The van der Waals surface area contributed by atoms with Gasteiger partial charge in [-0.05, 0) is 56.8 Å². The molecule has 252 valence electrons. The molecule has 0 saturated carbocycles. The van der Waals surface area contributed by atoms with Crippen LogP contribution in [0.15, 0.2) is 36.4 Å². The molecule has 1 amide bonds. The highest BCUT2D eigenvalue weighted by Gasteiger charge is 2.56. The van der Waals surface area contributed by atoms with Gasteiger partial charge in [0.1, 0.15) is 11.8 Å². The van der Waals surface area contributed by atoms with Crippen molar-refractivity contribution in [3.05, 3.63) is 75.3 Å². The number of aromatic hydroxyl groups is 1. The number of fused-ring (bicyclic) bond motifs is 9. The third-order valence-corrected chi connectivity index (χ3v) is 10.6. The van der Waals surface area contributed by atoms with Gasteiger partial charge < -0.3 is 34.1 Å². The molecule has 0 aliphatic carbocycles. The number of amides is 1. The van der Waals surface area contributed by atoms with E-state index in [0.717, 1.165) is 33.4 Å². The van der Waals surface area contributed by atoms with Gasteiger partial charge >= 0.3 is 0 Å². The molecule has 5 atom stereocenters. The standard InChI is InChI=1S/C37H42N4O7/c1-20-13-23-14-25-27(16-38)41-26(32(40(25)3)30(23)36(34(20)45-5)46-18-44-4)15-24-31(37-35(47-19-48-37)21(2)33(24)43)28(41)17-39-29(42)12-11-22-9-7-6-8-10-22/h6-10,13,25-28,32,43H,11-12,14-15,17-19H2,1-5H3,(H,39,42)/t25-,26?,27+,28+,32?/m1/s1. The van der Waals surface area contributed by atoms with E-state index in [9.17, 15) is 15.2 Å². The summed E-state index contributed by atoms with van der Waals surface area (Å²) < 4.78 is 29.4. The van der Waals surface area contributed by atoms with E-state index < -0.39 is 12.1 Å². The zero-order chi connectivity index (χ0) is 33.7. The Kier molecular flexibility index (Phi) is 8.58. The van der Waals surface area contributed by atoms with Crippen LogP contribution in [0.1, 0.15) is 57.4 Å². The minimum Gasteiger partial charge on any atom is -0.507 e. The number of carbonyl (C=O) groups excluding carboxylic acids is 1. The molecule has 1 fully saturated rings. The second-order valence-corrected chi connectivity index (χ2v) is 13.1. The van der Waals surface area contributed by atoms with Crippen molar-refractivity contribution in [2.75, 3.05) is 41.4 Å². The number of nitrogens with zero attached hydrogens (tertiary/aromatic N) is 3. The molecule has 0 radical (unpaired) electrons. The van der Waals surface area contributed by atoms with Crippen molar-refractivity contribution >= 4 is 5.91 Å². The van der Waals surface area contributed by atoms with Crippen molar-refractivity contribution in [2.24, 2.45) is 0 Å². The van der Waals surface area contributed by atoms with Gasteiger partial charge in [-0.25, -0.2) is 0 Å². The van der Waals surface area contributed by atoms with Gasteiger partial charge in [-0.1, -0.05) is 36.4 Å². The lowest BCUT2D eigenvalue weighted by Crippen LogP contribution is -2.68. The number of piperazine rings is 1. The monoisotopic (exact) mass is 654 g/mol. The Morgan fingerprint density at radius 2 is 1.85 bits per heavy atom. The summed E-state index contributed by atoms with van der Waals surface area (Å²) in [5, 5.41) is 25.8. The summed E-state index contributed by atoms with van der Waals surface area (Å²) in [4.78, 5) is 17.9. The molecular weight excluding hydrogens is 612 g/mol. The average molecular weight is 655 g/mol. The molecule has 4 heterocycles. The topological polar surface area (TPSA) is 126 Å². The van der Waals surface area contributed by atoms with Crippen LogP contribution in [-0.2, 0) is 28.8 Å². The maximum absolute atomic E-state index is 13.3. The number of ether oxygens (including phenoxy) is 5. The lowest BCUT2D eigenvalue weighted by atomic mass is 9.71. The number of nitrogens with one attached hydrogen (secondary N) is 1. The van der Waals surface area contributed by atoms with Crippen molar-refractivity contribution in [3.8, 4) is 34.8 Å². The number of methoxy groups -OCH3 is 2. The van der Waals surface area contributed by atoms with Gasteiger partial charge in [-0.3, -0.25) is 14.6 Å². The molecule has 2 unspecified atom stereocenters. The Labute approximate surface area is 280 Å². The molecule has 0 aromatic heterocycles. The molecule has 0 spiro atoms. The molecule has 48 heavy (non-hydrogen) atoms. The fraction of sp³-hybridized carbons (Fsp3) is 0.459. The minimum absolute atomic E-state index is 0.0357. The molecule has 11 nitrogen and oxygen atoms in total. The van der Waals surface area contributed by atoms with Gasteiger partial charge in [0.15, 0.2) is 29.8 Å². The van der Waals surface area contributed by atoms with Crippen LogP contribution in [-0.4, -0.2) is 80.3 Å². The number of aryl methyl sites for hydroxylation is 2. The fourth-order valence-electron chi connectivity index (χ4n) is 8.48. The van der Waals surface area contributed by atoms with E-state index in [-0.39, 0.29) is 49.9 Å². The first-order chi connectivity index (χ1) is 23.3. The second-order valence-electron chi connectivity index (χ2n) is 13.1. The Balaban J connectivity index is 1.34. The Bertz CT molecular complexity index is 1770. The maximum atomic E-state index is 13.3. The Morgan fingerprint density at radius 3 is 2.58 bits per heavy atom. The number of hydrogen-bond acceptors (Lipinski definition) is 10. The number of phenolic OH excluding ortho intramolecular Hbond substituents is 1. The van der Waals surface area contributed by atoms with Crippen molar-refractivity contribution < 1.29 is 33.6 Å². The number of phenols is 1.